The fourth-order valence-corrected chi connectivity index (χ4v) is 2.74. The van der Waals surface area contributed by atoms with Gasteiger partial charge in [-0.1, -0.05) is 0 Å². The number of carbonyl (C=O) groups excluding carboxylic acids is 1. The van der Waals surface area contributed by atoms with Gasteiger partial charge in [-0.15, -0.1) is 0 Å². The molecule has 0 N–H and O–H groups in total. The standard InChI is InChI=1S/C11H14IN3O/c1-8(16)10-4-2-3-5-15(10)11-9(12)6-13-7-14-11/h6-7,10H,2-5H2,1H3. The Bertz CT molecular complexity index is 397. The number of halogens is 1. The molecule has 0 aliphatic carbocycles. The Hall–Kier alpha value is -0.720. The Labute approximate surface area is 109 Å². The first-order valence-electron chi connectivity index (χ1n) is 5.42. The van der Waals surface area contributed by atoms with Crippen LogP contribution in [0.4, 0.5) is 5.82 Å². The number of nitrogens with zero attached hydrogens (tertiary/aromatic N) is 3. The fourth-order valence-electron chi connectivity index (χ4n) is 2.13. The van der Waals surface area contributed by atoms with Crippen LogP contribution in [-0.2, 0) is 4.79 Å². The van der Waals surface area contributed by atoms with Crippen LogP contribution in [-0.4, -0.2) is 28.3 Å². The Kier molecular flexibility index (Phi) is 3.73. The van der Waals surface area contributed by atoms with Crippen LogP contribution in [0.15, 0.2) is 12.5 Å². The summed E-state index contributed by atoms with van der Waals surface area (Å²) in [6.07, 6.45) is 6.53. The maximum absolute atomic E-state index is 11.6. The molecule has 0 spiro atoms. The highest BCUT2D eigenvalue weighted by atomic mass is 127. The molecule has 0 saturated carbocycles. The maximum Gasteiger partial charge on any atom is 0.152 e. The predicted octanol–water partition coefficient (Wildman–Crippen LogP) is 2.03. The zero-order chi connectivity index (χ0) is 11.5. The monoisotopic (exact) mass is 331 g/mol. The molecule has 0 bridgehead atoms. The fraction of sp³-hybridized carbons (Fsp3) is 0.545. The molecular formula is C11H14IN3O. The molecular weight excluding hydrogens is 317 g/mol. The van der Waals surface area contributed by atoms with Gasteiger partial charge in [-0.3, -0.25) is 4.79 Å². The van der Waals surface area contributed by atoms with E-state index in [1.165, 1.54) is 0 Å². The van der Waals surface area contributed by atoms with Crippen molar-refractivity contribution in [1.29, 1.82) is 0 Å². The smallest absolute Gasteiger partial charge is 0.152 e. The Morgan fingerprint density at radius 1 is 1.56 bits per heavy atom. The molecule has 2 heterocycles. The van der Waals surface area contributed by atoms with Crippen molar-refractivity contribution in [2.75, 3.05) is 11.4 Å². The van der Waals surface area contributed by atoms with E-state index in [9.17, 15) is 4.79 Å². The molecule has 16 heavy (non-hydrogen) atoms. The van der Waals surface area contributed by atoms with Crippen molar-refractivity contribution in [2.45, 2.75) is 32.2 Å². The zero-order valence-electron chi connectivity index (χ0n) is 9.19. The highest BCUT2D eigenvalue weighted by Crippen LogP contribution is 2.26. The van der Waals surface area contributed by atoms with E-state index < -0.39 is 0 Å². The average molecular weight is 331 g/mol. The summed E-state index contributed by atoms with van der Waals surface area (Å²) in [6, 6.07) is -0.00262. The number of rotatable bonds is 2. The summed E-state index contributed by atoms with van der Waals surface area (Å²) >= 11 is 2.22. The van der Waals surface area contributed by atoms with Crippen molar-refractivity contribution >= 4 is 34.2 Å². The number of piperidine rings is 1. The molecule has 1 unspecified atom stereocenters. The summed E-state index contributed by atoms with van der Waals surface area (Å²) in [6.45, 7) is 2.58. The molecule has 0 aromatic carbocycles. The van der Waals surface area contributed by atoms with Crippen molar-refractivity contribution < 1.29 is 4.79 Å². The second kappa shape index (κ2) is 5.07. The molecule has 1 aromatic heterocycles. The third kappa shape index (κ3) is 2.34. The number of Topliss-reactive ketones (excluding diaryl/α,β-unsaturated/α-hetero) is 1. The molecule has 1 aliphatic rings. The van der Waals surface area contributed by atoms with Gasteiger partial charge in [0, 0.05) is 12.7 Å². The summed E-state index contributed by atoms with van der Waals surface area (Å²) in [4.78, 5) is 22.0. The molecule has 1 atom stereocenters. The molecule has 5 heteroatoms. The molecule has 2 rings (SSSR count). The molecule has 4 nitrogen and oxygen atoms in total. The van der Waals surface area contributed by atoms with Gasteiger partial charge in [-0.05, 0) is 48.8 Å². The van der Waals surface area contributed by atoms with Crippen LogP contribution in [0, 0.1) is 3.57 Å². The number of aromatic nitrogens is 2. The van der Waals surface area contributed by atoms with Crippen LogP contribution in [0.25, 0.3) is 0 Å². The molecule has 0 amide bonds. The summed E-state index contributed by atoms with van der Waals surface area (Å²) < 4.78 is 1.01. The minimum Gasteiger partial charge on any atom is -0.346 e. The number of hydrogen-bond donors (Lipinski definition) is 0. The average Bonchev–Trinajstić information content (AvgIpc) is 2.29. The lowest BCUT2D eigenvalue weighted by Gasteiger charge is -2.35. The second-order valence-electron chi connectivity index (χ2n) is 4.01. The van der Waals surface area contributed by atoms with E-state index in [-0.39, 0.29) is 11.8 Å². The lowest BCUT2D eigenvalue weighted by molar-refractivity contribution is -0.118. The predicted molar refractivity (Wildman–Crippen MR) is 70.4 cm³/mol. The van der Waals surface area contributed by atoms with E-state index in [0.717, 1.165) is 35.2 Å². The van der Waals surface area contributed by atoms with Gasteiger partial charge >= 0.3 is 0 Å². The van der Waals surface area contributed by atoms with E-state index in [2.05, 4.69) is 37.5 Å². The second-order valence-corrected chi connectivity index (χ2v) is 5.17. The van der Waals surface area contributed by atoms with Crippen LogP contribution in [0.5, 0.6) is 0 Å². The van der Waals surface area contributed by atoms with Gasteiger partial charge in [0.15, 0.2) is 5.78 Å². The minimum atomic E-state index is -0.00262. The highest BCUT2D eigenvalue weighted by molar-refractivity contribution is 14.1. The number of anilines is 1. The lowest BCUT2D eigenvalue weighted by Crippen LogP contribution is -2.44. The van der Waals surface area contributed by atoms with E-state index in [1.807, 2.05) is 0 Å². The third-order valence-electron chi connectivity index (χ3n) is 2.89. The van der Waals surface area contributed by atoms with Crippen LogP contribution >= 0.6 is 22.6 Å². The molecule has 86 valence electrons. The molecule has 1 aliphatic heterocycles. The van der Waals surface area contributed by atoms with Crippen molar-refractivity contribution in [2.24, 2.45) is 0 Å². The number of ketones is 1. The first-order chi connectivity index (χ1) is 7.70. The normalized spacial score (nSPS) is 20.9. The Morgan fingerprint density at radius 3 is 3.06 bits per heavy atom. The Balaban J connectivity index is 2.30. The first kappa shape index (κ1) is 11.8. The van der Waals surface area contributed by atoms with Gasteiger partial charge in [0.05, 0.1) is 9.61 Å². The third-order valence-corrected chi connectivity index (χ3v) is 3.65. The summed E-state index contributed by atoms with van der Waals surface area (Å²) in [5.41, 5.74) is 0. The van der Waals surface area contributed by atoms with E-state index in [4.69, 9.17) is 0 Å². The van der Waals surface area contributed by atoms with E-state index in [1.54, 1.807) is 19.4 Å². The molecule has 1 fully saturated rings. The summed E-state index contributed by atoms with van der Waals surface area (Å²) in [5.74, 6) is 1.13. The van der Waals surface area contributed by atoms with Crippen molar-refractivity contribution in [3.63, 3.8) is 0 Å². The zero-order valence-corrected chi connectivity index (χ0v) is 11.3. The largest absolute Gasteiger partial charge is 0.346 e. The van der Waals surface area contributed by atoms with Crippen molar-refractivity contribution in [3.8, 4) is 0 Å². The summed E-state index contributed by atoms with van der Waals surface area (Å²) in [7, 11) is 0. The van der Waals surface area contributed by atoms with Gasteiger partial charge in [0.1, 0.15) is 12.1 Å². The SMILES string of the molecule is CC(=O)C1CCCCN1c1ncncc1I. The van der Waals surface area contributed by atoms with Gasteiger partial charge in [0.25, 0.3) is 0 Å². The summed E-state index contributed by atoms with van der Waals surface area (Å²) in [5, 5.41) is 0. The van der Waals surface area contributed by atoms with E-state index >= 15 is 0 Å². The van der Waals surface area contributed by atoms with E-state index in [0.29, 0.717) is 0 Å². The van der Waals surface area contributed by atoms with Crippen LogP contribution in [0.2, 0.25) is 0 Å². The lowest BCUT2D eigenvalue weighted by atomic mass is 9.99. The van der Waals surface area contributed by atoms with Crippen molar-refractivity contribution in [1.82, 2.24) is 9.97 Å². The van der Waals surface area contributed by atoms with Crippen LogP contribution < -0.4 is 4.90 Å². The number of carbonyl (C=O) groups is 1. The van der Waals surface area contributed by atoms with Gasteiger partial charge in [-0.25, -0.2) is 9.97 Å². The molecule has 1 saturated heterocycles. The van der Waals surface area contributed by atoms with Crippen LogP contribution in [0.1, 0.15) is 26.2 Å². The van der Waals surface area contributed by atoms with Crippen LogP contribution in [0.3, 0.4) is 0 Å². The van der Waals surface area contributed by atoms with Gasteiger partial charge < -0.3 is 4.90 Å². The molecule has 0 radical (unpaired) electrons. The number of hydrogen-bond acceptors (Lipinski definition) is 4. The Morgan fingerprint density at radius 2 is 2.38 bits per heavy atom. The van der Waals surface area contributed by atoms with Gasteiger partial charge in [0.2, 0.25) is 0 Å². The highest BCUT2D eigenvalue weighted by Gasteiger charge is 2.28. The quantitative estimate of drug-likeness (QED) is 0.778. The van der Waals surface area contributed by atoms with Crippen molar-refractivity contribution in [3.05, 3.63) is 16.1 Å². The van der Waals surface area contributed by atoms with Gasteiger partial charge in [-0.2, -0.15) is 0 Å². The maximum atomic E-state index is 11.6. The topological polar surface area (TPSA) is 46.1 Å². The first-order valence-corrected chi connectivity index (χ1v) is 6.50. The minimum absolute atomic E-state index is 0.00262. The molecule has 1 aromatic rings.